The van der Waals surface area contributed by atoms with Crippen molar-refractivity contribution < 1.29 is 9.53 Å². The molecule has 3 heterocycles. The first-order valence-electron chi connectivity index (χ1n) is 9.39. The Morgan fingerprint density at radius 2 is 1.88 bits per heavy atom. The molecule has 1 aromatic rings. The minimum Gasteiger partial charge on any atom is -0.382 e. The third-order valence-corrected chi connectivity index (χ3v) is 5.07. The van der Waals surface area contributed by atoms with Gasteiger partial charge in [0.05, 0.1) is 13.2 Å². The quantitative estimate of drug-likeness (QED) is 0.908. The first-order chi connectivity index (χ1) is 12.0. The average molecular weight is 346 g/mol. The van der Waals surface area contributed by atoms with E-state index in [4.69, 9.17) is 9.72 Å². The molecule has 1 N–H and O–H groups in total. The van der Waals surface area contributed by atoms with Crippen LogP contribution < -0.4 is 10.2 Å². The summed E-state index contributed by atoms with van der Waals surface area (Å²) in [5.74, 6) is 1.61. The van der Waals surface area contributed by atoms with Gasteiger partial charge < -0.3 is 19.9 Å². The molecule has 25 heavy (non-hydrogen) atoms. The number of likely N-dealkylation sites (tertiary alicyclic amines) is 1. The Morgan fingerprint density at radius 1 is 1.20 bits per heavy atom. The van der Waals surface area contributed by atoms with Crippen LogP contribution in [0.4, 0.5) is 11.5 Å². The van der Waals surface area contributed by atoms with Crippen LogP contribution in [0, 0.1) is 0 Å². The third-order valence-electron chi connectivity index (χ3n) is 5.07. The molecule has 2 saturated heterocycles. The van der Waals surface area contributed by atoms with E-state index in [0.717, 1.165) is 69.4 Å². The van der Waals surface area contributed by atoms with Crippen molar-refractivity contribution in [3.05, 3.63) is 17.8 Å². The molecule has 6 heteroatoms. The average Bonchev–Trinajstić information content (AvgIpc) is 2.62. The van der Waals surface area contributed by atoms with Crippen LogP contribution in [0.3, 0.4) is 0 Å². The number of hydrogen-bond donors (Lipinski definition) is 1. The summed E-state index contributed by atoms with van der Waals surface area (Å²) >= 11 is 0. The second kappa shape index (κ2) is 8.04. The van der Waals surface area contributed by atoms with Crippen molar-refractivity contribution in [2.75, 3.05) is 49.6 Å². The number of piperidine rings is 1. The molecule has 138 valence electrons. The molecule has 0 atom stereocenters. The maximum absolute atomic E-state index is 11.5. The second-order valence-corrected chi connectivity index (χ2v) is 7.32. The maximum atomic E-state index is 11.5. The number of nitrogens with one attached hydrogen (secondary N) is 1. The van der Waals surface area contributed by atoms with Crippen LogP contribution in [-0.4, -0.2) is 61.2 Å². The first-order valence-corrected chi connectivity index (χ1v) is 9.39. The summed E-state index contributed by atoms with van der Waals surface area (Å²) in [4.78, 5) is 20.6. The molecule has 2 aliphatic rings. The zero-order valence-electron chi connectivity index (χ0n) is 15.6. The van der Waals surface area contributed by atoms with Crippen molar-refractivity contribution in [1.82, 2.24) is 9.88 Å². The minimum absolute atomic E-state index is 0.180. The van der Waals surface area contributed by atoms with Gasteiger partial charge in [0.15, 0.2) is 0 Å². The number of anilines is 2. The largest absolute Gasteiger partial charge is 0.382 e. The SMILES string of the molecule is CC(=O)N1CCC(Nc2cc(C(C)C)nc(N3CCOCC3)c2)CC1. The van der Waals surface area contributed by atoms with Gasteiger partial charge in [0.25, 0.3) is 0 Å². The molecule has 1 aromatic heterocycles. The van der Waals surface area contributed by atoms with Crippen molar-refractivity contribution in [2.24, 2.45) is 0 Å². The number of carbonyl (C=O) groups excluding carboxylic acids is 1. The lowest BCUT2D eigenvalue weighted by Crippen LogP contribution is -2.41. The van der Waals surface area contributed by atoms with E-state index >= 15 is 0 Å². The molecule has 2 fully saturated rings. The monoisotopic (exact) mass is 346 g/mol. The summed E-state index contributed by atoms with van der Waals surface area (Å²) in [6, 6.07) is 4.75. The predicted molar refractivity (Wildman–Crippen MR) is 100 cm³/mol. The van der Waals surface area contributed by atoms with Crippen LogP contribution >= 0.6 is 0 Å². The Bertz CT molecular complexity index is 591. The number of carbonyl (C=O) groups is 1. The zero-order valence-corrected chi connectivity index (χ0v) is 15.6. The van der Waals surface area contributed by atoms with Gasteiger partial charge in [-0.15, -0.1) is 0 Å². The Kier molecular flexibility index (Phi) is 5.78. The summed E-state index contributed by atoms with van der Waals surface area (Å²) in [5.41, 5.74) is 2.26. The lowest BCUT2D eigenvalue weighted by atomic mass is 10.0. The van der Waals surface area contributed by atoms with Crippen LogP contribution in [0.2, 0.25) is 0 Å². The van der Waals surface area contributed by atoms with Crippen LogP contribution in [0.1, 0.15) is 45.2 Å². The number of morpholine rings is 1. The summed E-state index contributed by atoms with van der Waals surface area (Å²) in [5, 5.41) is 3.68. The fourth-order valence-corrected chi connectivity index (χ4v) is 3.44. The van der Waals surface area contributed by atoms with Gasteiger partial charge in [-0.05, 0) is 24.8 Å². The topological polar surface area (TPSA) is 57.7 Å². The van der Waals surface area contributed by atoms with Crippen LogP contribution in [-0.2, 0) is 9.53 Å². The predicted octanol–water partition coefficient (Wildman–Crippen LogP) is 2.46. The lowest BCUT2D eigenvalue weighted by molar-refractivity contribution is -0.129. The van der Waals surface area contributed by atoms with Crippen molar-refractivity contribution in [3.63, 3.8) is 0 Å². The van der Waals surface area contributed by atoms with E-state index in [1.807, 2.05) is 4.90 Å². The molecule has 0 aliphatic carbocycles. The van der Waals surface area contributed by atoms with E-state index in [9.17, 15) is 4.79 Å². The molecule has 0 aromatic carbocycles. The number of pyridine rings is 1. The second-order valence-electron chi connectivity index (χ2n) is 7.32. The Balaban J connectivity index is 1.71. The molecule has 1 amide bonds. The van der Waals surface area contributed by atoms with Gasteiger partial charge >= 0.3 is 0 Å². The van der Waals surface area contributed by atoms with Crippen molar-refractivity contribution >= 4 is 17.4 Å². The van der Waals surface area contributed by atoms with Gasteiger partial charge in [-0.1, -0.05) is 13.8 Å². The Labute approximate surface area is 150 Å². The van der Waals surface area contributed by atoms with E-state index in [1.165, 1.54) is 0 Å². The van der Waals surface area contributed by atoms with Gasteiger partial charge in [-0.25, -0.2) is 4.98 Å². The Hall–Kier alpha value is -1.82. The van der Waals surface area contributed by atoms with E-state index < -0.39 is 0 Å². The van der Waals surface area contributed by atoms with E-state index in [0.29, 0.717) is 12.0 Å². The number of ether oxygens (including phenoxy) is 1. The van der Waals surface area contributed by atoms with Crippen LogP contribution in [0.15, 0.2) is 12.1 Å². The number of amides is 1. The molecule has 6 nitrogen and oxygen atoms in total. The highest BCUT2D eigenvalue weighted by atomic mass is 16.5. The Morgan fingerprint density at radius 3 is 2.48 bits per heavy atom. The molecular formula is C19H30N4O2. The molecule has 0 saturated carbocycles. The van der Waals surface area contributed by atoms with Crippen LogP contribution in [0.25, 0.3) is 0 Å². The van der Waals surface area contributed by atoms with Crippen molar-refractivity contribution in [1.29, 1.82) is 0 Å². The fraction of sp³-hybridized carbons (Fsp3) is 0.684. The third kappa shape index (κ3) is 4.63. The van der Waals surface area contributed by atoms with Gasteiger partial charge in [-0.3, -0.25) is 4.79 Å². The van der Waals surface area contributed by atoms with Crippen LogP contribution in [0.5, 0.6) is 0 Å². The highest BCUT2D eigenvalue weighted by molar-refractivity contribution is 5.73. The molecule has 0 spiro atoms. The summed E-state index contributed by atoms with van der Waals surface area (Å²) in [6.07, 6.45) is 1.98. The molecule has 0 unspecified atom stereocenters. The van der Waals surface area contributed by atoms with Gasteiger partial charge in [0.1, 0.15) is 5.82 Å². The maximum Gasteiger partial charge on any atom is 0.219 e. The highest BCUT2D eigenvalue weighted by Crippen LogP contribution is 2.26. The first kappa shape index (κ1) is 18.0. The number of rotatable bonds is 4. The van der Waals surface area contributed by atoms with Gasteiger partial charge in [-0.2, -0.15) is 0 Å². The number of nitrogens with zero attached hydrogens (tertiary/aromatic N) is 3. The summed E-state index contributed by atoms with van der Waals surface area (Å²) < 4.78 is 5.46. The van der Waals surface area contributed by atoms with Gasteiger partial charge in [0, 0.05) is 56.6 Å². The number of aromatic nitrogens is 1. The van der Waals surface area contributed by atoms with Crippen molar-refractivity contribution in [3.8, 4) is 0 Å². The smallest absolute Gasteiger partial charge is 0.219 e. The molecule has 3 rings (SSSR count). The molecule has 2 aliphatic heterocycles. The number of hydrogen-bond acceptors (Lipinski definition) is 5. The van der Waals surface area contributed by atoms with Crippen molar-refractivity contribution in [2.45, 2.75) is 45.6 Å². The normalized spacial score (nSPS) is 19.4. The van der Waals surface area contributed by atoms with E-state index in [1.54, 1.807) is 6.92 Å². The van der Waals surface area contributed by atoms with E-state index in [-0.39, 0.29) is 5.91 Å². The standard InChI is InChI=1S/C19H30N4O2/c1-14(2)18-12-17(13-19(21-18)23-8-10-25-11-9-23)20-16-4-6-22(7-5-16)15(3)24/h12-14,16H,4-11H2,1-3H3,(H,20,21). The fourth-order valence-electron chi connectivity index (χ4n) is 3.44. The van der Waals surface area contributed by atoms with Gasteiger partial charge in [0.2, 0.25) is 5.91 Å². The highest BCUT2D eigenvalue weighted by Gasteiger charge is 2.21. The summed E-state index contributed by atoms with van der Waals surface area (Å²) in [6.45, 7) is 11.0. The summed E-state index contributed by atoms with van der Waals surface area (Å²) in [7, 11) is 0. The minimum atomic E-state index is 0.180. The zero-order chi connectivity index (χ0) is 17.8. The molecule has 0 bridgehead atoms. The lowest BCUT2D eigenvalue weighted by Gasteiger charge is -2.33. The molecule has 0 radical (unpaired) electrons. The molecular weight excluding hydrogens is 316 g/mol. The van der Waals surface area contributed by atoms with E-state index in [2.05, 4.69) is 36.2 Å².